The Bertz CT molecular complexity index is 2230. The van der Waals surface area contributed by atoms with E-state index in [0.717, 1.165) is 39.3 Å². The molecule has 0 amide bonds. The third-order valence-corrected chi connectivity index (χ3v) is 8.31. The molecule has 0 aliphatic carbocycles. The number of aromatic nitrogens is 3. The third kappa shape index (κ3) is 5.88. The van der Waals surface area contributed by atoms with Crippen molar-refractivity contribution in [3.05, 3.63) is 182 Å². The molecule has 4 heteroatoms. The number of benzene rings is 7. The first-order valence-corrected chi connectivity index (χ1v) is 15.7. The average Bonchev–Trinajstić information content (AvgIpc) is 3.16. The zero-order chi connectivity index (χ0) is 31.4. The topological polar surface area (TPSA) is 41.9 Å². The van der Waals surface area contributed by atoms with Gasteiger partial charge in [0, 0.05) is 33.8 Å². The highest BCUT2D eigenvalue weighted by Gasteiger charge is 2.15. The maximum Gasteiger partial charge on any atom is 0.164 e. The van der Waals surface area contributed by atoms with Gasteiger partial charge in [0.1, 0.15) is 0 Å². The van der Waals surface area contributed by atoms with Gasteiger partial charge in [-0.05, 0) is 76.5 Å². The van der Waals surface area contributed by atoms with E-state index in [1.165, 1.54) is 16.3 Å². The number of anilines is 3. The van der Waals surface area contributed by atoms with E-state index in [0.29, 0.717) is 17.5 Å². The normalized spacial score (nSPS) is 11.0. The van der Waals surface area contributed by atoms with Crippen molar-refractivity contribution >= 4 is 27.8 Å². The summed E-state index contributed by atoms with van der Waals surface area (Å²) in [5, 5.41) is 2.46. The monoisotopic (exact) mass is 602 g/mol. The summed E-state index contributed by atoms with van der Waals surface area (Å²) in [4.78, 5) is 17.1. The molecule has 0 aliphatic rings. The molecule has 222 valence electrons. The number of fused-ring (bicyclic) bond motifs is 1. The first-order chi connectivity index (χ1) is 23.3. The molecule has 0 fully saturated rings. The highest BCUT2D eigenvalue weighted by atomic mass is 15.1. The van der Waals surface area contributed by atoms with Crippen molar-refractivity contribution in [3.63, 3.8) is 0 Å². The summed E-state index contributed by atoms with van der Waals surface area (Å²) >= 11 is 0. The lowest BCUT2D eigenvalue weighted by atomic mass is 10.00. The van der Waals surface area contributed by atoms with Crippen LogP contribution in [-0.4, -0.2) is 15.0 Å². The Hall–Kier alpha value is -6.39. The molecule has 7 aromatic carbocycles. The lowest BCUT2D eigenvalue weighted by Crippen LogP contribution is -2.09. The van der Waals surface area contributed by atoms with Crippen molar-refractivity contribution in [2.45, 2.75) is 0 Å². The van der Waals surface area contributed by atoms with Gasteiger partial charge in [-0.3, -0.25) is 0 Å². The van der Waals surface area contributed by atoms with Crippen LogP contribution in [0.15, 0.2) is 182 Å². The molecule has 0 N–H and O–H groups in total. The predicted octanol–water partition coefficient (Wildman–Crippen LogP) is 11.2. The molecule has 0 unspecified atom stereocenters. The number of para-hydroxylation sites is 2. The predicted molar refractivity (Wildman–Crippen MR) is 194 cm³/mol. The molecule has 47 heavy (non-hydrogen) atoms. The molecule has 0 saturated carbocycles. The molecule has 1 heterocycles. The molecule has 0 bridgehead atoms. The lowest BCUT2D eigenvalue weighted by Gasteiger charge is -2.25. The zero-order valence-electron chi connectivity index (χ0n) is 25.6. The van der Waals surface area contributed by atoms with E-state index in [2.05, 4.69) is 144 Å². The van der Waals surface area contributed by atoms with Crippen LogP contribution < -0.4 is 4.90 Å². The van der Waals surface area contributed by atoms with E-state index in [4.69, 9.17) is 15.0 Å². The number of hydrogen-bond acceptors (Lipinski definition) is 4. The molecule has 0 radical (unpaired) electrons. The molecule has 0 aliphatic heterocycles. The average molecular weight is 603 g/mol. The Balaban J connectivity index is 1.17. The molecular weight excluding hydrogens is 573 g/mol. The van der Waals surface area contributed by atoms with Gasteiger partial charge in [-0.2, -0.15) is 0 Å². The Kier molecular flexibility index (Phi) is 7.50. The Morgan fingerprint density at radius 1 is 0.277 bits per heavy atom. The van der Waals surface area contributed by atoms with Crippen molar-refractivity contribution in [2.24, 2.45) is 0 Å². The number of rotatable bonds is 7. The van der Waals surface area contributed by atoms with Crippen LogP contribution in [0.1, 0.15) is 0 Å². The van der Waals surface area contributed by atoms with E-state index in [1.807, 2.05) is 42.5 Å². The molecule has 4 nitrogen and oxygen atoms in total. The van der Waals surface area contributed by atoms with Crippen LogP contribution in [-0.2, 0) is 0 Å². The SMILES string of the molecule is c1ccc(-c2nc(-c3ccc(-c4ccc5ccccc5c4)cc3)nc(-c3ccc(N(c4ccccc4)c4ccccc4)cc3)n2)cc1. The zero-order valence-corrected chi connectivity index (χ0v) is 25.6. The summed E-state index contributed by atoms with van der Waals surface area (Å²) in [7, 11) is 0. The molecular formula is C43H30N4. The van der Waals surface area contributed by atoms with Crippen LogP contribution >= 0.6 is 0 Å². The third-order valence-electron chi connectivity index (χ3n) is 8.31. The van der Waals surface area contributed by atoms with E-state index in [1.54, 1.807) is 0 Å². The van der Waals surface area contributed by atoms with Gasteiger partial charge >= 0.3 is 0 Å². The Morgan fingerprint density at radius 2 is 0.660 bits per heavy atom. The number of hydrogen-bond donors (Lipinski definition) is 0. The quantitative estimate of drug-likeness (QED) is 0.182. The van der Waals surface area contributed by atoms with Crippen LogP contribution in [0.25, 0.3) is 56.1 Å². The van der Waals surface area contributed by atoms with Crippen LogP contribution in [0.4, 0.5) is 17.1 Å². The van der Waals surface area contributed by atoms with E-state index >= 15 is 0 Å². The Labute approximate surface area is 274 Å². The van der Waals surface area contributed by atoms with Crippen LogP contribution in [0.2, 0.25) is 0 Å². The fourth-order valence-corrected chi connectivity index (χ4v) is 5.89. The molecule has 8 aromatic rings. The van der Waals surface area contributed by atoms with E-state index in [-0.39, 0.29) is 0 Å². The van der Waals surface area contributed by atoms with E-state index in [9.17, 15) is 0 Å². The molecule has 0 saturated heterocycles. The summed E-state index contributed by atoms with van der Waals surface area (Å²) in [5.41, 5.74) is 8.36. The highest BCUT2D eigenvalue weighted by molar-refractivity contribution is 5.87. The highest BCUT2D eigenvalue weighted by Crippen LogP contribution is 2.35. The molecule has 1 aromatic heterocycles. The first kappa shape index (κ1) is 28.1. The largest absolute Gasteiger partial charge is 0.311 e. The van der Waals surface area contributed by atoms with Crippen molar-refractivity contribution in [2.75, 3.05) is 4.90 Å². The minimum absolute atomic E-state index is 0.630. The van der Waals surface area contributed by atoms with Crippen LogP contribution in [0, 0.1) is 0 Å². The van der Waals surface area contributed by atoms with Gasteiger partial charge in [0.15, 0.2) is 17.5 Å². The summed E-state index contributed by atoms with van der Waals surface area (Å²) in [6.07, 6.45) is 0. The van der Waals surface area contributed by atoms with Gasteiger partial charge in [0.05, 0.1) is 0 Å². The molecule has 0 atom stereocenters. The smallest absolute Gasteiger partial charge is 0.164 e. The lowest BCUT2D eigenvalue weighted by molar-refractivity contribution is 1.07. The fourth-order valence-electron chi connectivity index (χ4n) is 5.89. The maximum atomic E-state index is 5.00. The Morgan fingerprint density at radius 3 is 1.21 bits per heavy atom. The van der Waals surface area contributed by atoms with Crippen molar-refractivity contribution < 1.29 is 0 Å². The number of nitrogens with zero attached hydrogens (tertiary/aromatic N) is 4. The van der Waals surface area contributed by atoms with Crippen molar-refractivity contribution in [3.8, 4) is 45.3 Å². The second-order valence-electron chi connectivity index (χ2n) is 11.4. The first-order valence-electron chi connectivity index (χ1n) is 15.7. The van der Waals surface area contributed by atoms with Crippen molar-refractivity contribution in [1.82, 2.24) is 15.0 Å². The summed E-state index contributed by atoms with van der Waals surface area (Å²) < 4.78 is 0. The van der Waals surface area contributed by atoms with Gasteiger partial charge in [-0.1, -0.05) is 127 Å². The summed E-state index contributed by atoms with van der Waals surface area (Å²) in [6.45, 7) is 0. The van der Waals surface area contributed by atoms with Crippen molar-refractivity contribution in [1.29, 1.82) is 0 Å². The maximum absolute atomic E-state index is 5.00. The molecule has 0 spiro atoms. The standard InChI is InChI=1S/C43H30N4/c1-4-13-33(14-5-1)41-44-42(34-23-20-32(21-24-34)37-25-22-31-12-10-11-15-36(31)30-37)46-43(45-41)35-26-28-40(29-27-35)47(38-16-6-2-7-17-38)39-18-8-3-9-19-39/h1-30H. The van der Waals surface area contributed by atoms with Gasteiger partial charge in [0.2, 0.25) is 0 Å². The van der Waals surface area contributed by atoms with Gasteiger partial charge in [0.25, 0.3) is 0 Å². The van der Waals surface area contributed by atoms with E-state index < -0.39 is 0 Å². The van der Waals surface area contributed by atoms with Gasteiger partial charge < -0.3 is 4.90 Å². The minimum atomic E-state index is 0.630. The van der Waals surface area contributed by atoms with Crippen LogP contribution in [0.5, 0.6) is 0 Å². The summed E-state index contributed by atoms with van der Waals surface area (Å²) in [6, 6.07) is 62.8. The summed E-state index contributed by atoms with van der Waals surface area (Å²) in [5.74, 6) is 1.91. The fraction of sp³-hybridized carbons (Fsp3) is 0. The second kappa shape index (κ2) is 12.5. The minimum Gasteiger partial charge on any atom is -0.311 e. The molecule has 8 rings (SSSR count). The second-order valence-corrected chi connectivity index (χ2v) is 11.4. The van der Waals surface area contributed by atoms with Gasteiger partial charge in [-0.25, -0.2) is 15.0 Å². The van der Waals surface area contributed by atoms with Gasteiger partial charge in [-0.15, -0.1) is 0 Å². The van der Waals surface area contributed by atoms with Crippen LogP contribution in [0.3, 0.4) is 0 Å².